The van der Waals surface area contributed by atoms with Gasteiger partial charge in [-0.15, -0.1) is 0 Å². The Morgan fingerprint density at radius 1 is 1.50 bits per heavy atom. The van der Waals surface area contributed by atoms with Gasteiger partial charge in [-0.25, -0.2) is 0 Å². The van der Waals surface area contributed by atoms with Crippen molar-refractivity contribution in [3.05, 3.63) is 24.0 Å². The summed E-state index contributed by atoms with van der Waals surface area (Å²) in [6.45, 7) is 3.99. The summed E-state index contributed by atoms with van der Waals surface area (Å²) in [6.07, 6.45) is 5.34. The zero-order valence-electron chi connectivity index (χ0n) is 9.76. The third-order valence-corrected chi connectivity index (χ3v) is 2.54. The van der Waals surface area contributed by atoms with Crippen molar-refractivity contribution in [2.75, 3.05) is 13.2 Å². The van der Waals surface area contributed by atoms with E-state index in [1.165, 1.54) is 6.08 Å². The van der Waals surface area contributed by atoms with Gasteiger partial charge in [0.25, 0.3) is 0 Å². The Morgan fingerprint density at radius 3 is 2.75 bits per heavy atom. The van der Waals surface area contributed by atoms with E-state index in [2.05, 4.69) is 13.8 Å². The van der Waals surface area contributed by atoms with Gasteiger partial charge in [-0.1, -0.05) is 19.9 Å². The Balaban J connectivity index is 2.77. The molecule has 0 aliphatic heterocycles. The van der Waals surface area contributed by atoms with E-state index in [-0.39, 0.29) is 24.9 Å². The predicted molar refractivity (Wildman–Crippen MR) is 60.8 cm³/mol. The molecule has 0 heterocycles. The molecule has 3 N–H and O–H groups in total. The van der Waals surface area contributed by atoms with Crippen LogP contribution in [0.25, 0.3) is 0 Å². The second-order valence-electron chi connectivity index (χ2n) is 4.49. The van der Waals surface area contributed by atoms with Crippen LogP contribution in [-0.2, 0) is 4.74 Å². The Kier molecular flexibility index (Phi) is 4.53. The monoisotopic (exact) mass is 228 g/mol. The summed E-state index contributed by atoms with van der Waals surface area (Å²) >= 11 is 0. The lowest BCUT2D eigenvalue weighted by Crippen LogP contribution is -2.41. The lowest BCUT2D eigenvalue weighted by molar-refractivity contribution is -0.200. The first-order chi connectivity index (χ1) is 7.48. The maximum atomic E-state index is 10.3. The van der Waals surface area contributed by atoms with Crippen molar-refractivity contribution in [1.82, 2.24) is 0 Å². The third-order valence-electron chi connectivity index (χ3n) is 2.54. The van der Waals surface area contributed by atoms with Crippen LogP contribution in [0.4, 0.5) is 0 Å². The van der Waals surface area contributed by atoms with Crippen molar-refractivity contribution in [2.24, 2.45) is 11.8 Å². The first kappa shape index (κ1) is 13.2. The van der Waals surface area contributed by atoms with E-state index >= 15 is 0 Å². The molecule has 1 rings (SSSR count). The van der Waals surface area contributed by atoms with Crippen molar-refractivity contribution in [3.8, 4) is 0 Å². The summed E-state index contributed by atoms with van der Waals surface area (Å²) in [5, 5.41) is 28.3. The molecule has 1 aliphatic rings. The van der Waals surface area contributed by atoms with Gasteiger partial charge in [0.2, 0.25) is 0 Å². The smallest absolute Gasteiger partial charge is 0.195 e. The zero-order valence-corrected chi connectivity index (χ0v) is 9.76. The van der Waals surface area contributed by atoms with Gasteiger partial charge in [0.1, 0.15) is 5.76 Å². The molecule has 0 fully saturated rings. The molecule has 0 aromatic carbocycles. The Labute approximate surface area is 95.9 Å². The molecule has 0 radical (unpaired) electrons. The topological polar surface area (TPSA) is 69.9 Å². The number of rotatable bonds is 5. The average Bonchev–Trinajstić information content (AvgIpc) is 2.19. The molecule has 4 nitrogen and oxygen atoms in total. The molecule has 16 heavy (non-hydrogen) atoms. The number of aliphatic hydroxyl groups excluding tert-OH is 2. The van der Waals surface area contributed by atoms with Crippen LogP contribution >= 0.6 is 0 Å². The Hall–Kier alpha value is -0.840. The van der Waals surface area contributed by atoms with Crippen molar-refractivity contribution in [1.29, 1.82) is 0 Å². The van der Waals surface area contributed by atoms with Gasteiger partial charge in [0.05, 0.1) is 13.2 Å². The quantitative estimate of drug-likeness (QED) is 0.621. The van der Waals surface area contributed by atoms with Crippen LogP contribution in [0.3, 0.4) is 0 Å². The molecule has 0 saturated carbocycles. The van der Waals surface area contributed by atoms with E-state index in [1.54, 1.807) is 12.2 Å². The van der Waals surface area contributed by atoms with Gasteiger partial charge in [-0.2, -0.15) is 0 Å². The van der Waals surface area contributed by atoms with E-state index in [0.717, 1.165) is 6.42 Å². The number of allylic oxidation sites excluding steroid dienone is 1. The largest absolute Gasteiger partial charge is 0.508 e. The maximum absolute atomic E-state index is 10.3. The molecule has 2 atom stereocenters. The van der Waals surface area contributed by atoms with Crippen molar-refractivity contribution >= 4 is 0 Å². The van der Waals surface area contributed by atoms with Gasteiger partial charge in [0, 0.05) is 12.0 Å². The van der Waals surface area contributed by atoms with Crippen LogP contribution in [0, 0.1) is 11.8 Å². The first-order valence-corrected chi connectivity index (χ1v) is 5.55. The van der Waals surface area contributed by atoms with E-state index in [1.807, 2.05) is 0 Å². The molecule has 0 aromatic heterocycles. The lowest BCUT2D eigenvalue weighted by atomic mass is 9.86. The SMILES string of the molecule is CC(C)CC1C=CC(O)=CC1(O)OCCO. The lowest BCUT2D eigenvalue weighted by Gasteiger charge is -2.34. The van der Waals surface area contributed by atoms with Crippen molar-refractivity contribution in [3.63, 3.8) is 0 Å². The molecule has 1 aliphatic carbocycles. The van der Waals surface area contributed by atoms with Crippen LogP contribution in [-0.4, -0.2) is 34.3 Å². The van der Waals surface area contributed by atoms with Crippen LogP contribution in [0.1, 0.15) is 20.3 Å². The molecule has 0 spiro atoms. The van der Waals surface area contributed by atoms with Gasteiger partial charge < -0.3 is 20.1 Å². The summed E-state index contributed by atoms with van der Waals surface area (Å²) in [5.41, 5.74) is 0. The van der Waals surface area contributed by atoms with Gasteiger partial charge in [-0.3, -0.25) is 0 Å². The number of ether oxygens (including phenoxy) is 1. The highest BCUT2D eigenvalue weighted by Gasteiger charge is 2.37. The molecule has 4 heteroatoms. The molecule has 0 aromatic rings. The minimum Gasteiger partial charge on any atom is -0.508 e. The summed E-state index contributed by atoms with van der Waals surface area (Å²) in [7, 11) is 0. The number of hydrogen-bond donors (Lipinski definition) is 3. The van der Waals surface area contributed by atoms with Crippen LogP contribution < -0.4 is 0 Å². The molecule has 0 saturated heterocycles. The Bertz CT molecular complexity index is 283. The van der Waals surface area contributed by atoms with E-state index in [9.17, 15) is 10.2 Å². The molecular formula is C12H20O4. The van der Waals surface area contributed by atoms with Gasteiger partial charge in [0.15, 0.2) is 5.79 Å². The molecular weight excluding hydrogens is 208 g/mol. The van der Waals surface area contributed by atoms with Gasteiger partial charge >= 0.3 is 0 Å². The first-order valence-electron chi connectivity index (χ1n) is 5.55. The van der Waals surface area contributed by atoms with E-state index in [0.29, 0.717) is 5.92 Å². The normalized spacial score (nSPS) is 29.6. The second kappa shape index (κ2) is 5.48. The van der Waals surface area contributed by atoms with Crippen molar-refractivity contribution in [2.45, 2.75) is 26.1 Å². The maximum Gasteiger partial charge on any atom is 0.195 e. The standard InChI is InChI=1S/C12H20O4/c1-9(2)7-10-3-4-11(14)8-12(10,15)16-6-5-13/h3-4,8-10,13-15H,5-7H2,1-2H3. The summed E-state index contributed by atoms with van der Waals surface area (Å²) in [5.74, 6) is -1.31. The minimum absolute atomic E-state index is 0.0135. The zero-order chi connectivity index (χ0) is 12.2. The van der Waals surface area contributed by atoms with Crippen LogP contribution in [0.2, 0.25) is 0 Å². The van der Waals surface area contributed by atoms with Crippen LogP contribution in [0.15, 0.2) is 24.0 Å². The number of aliphatic hydroxyl groups is 3. The highest BCUT2D eigenvalue weighted by atomic mass is 16.6. The van der Waals surface area contributed by atoms with E-state index in [4.69, 9.17) is 9.84 Å². The van der Waals surface area contributed by atoms with E-state index < -0.39 is 5.79 Å². The molecule has 92 valence electrons. The average molecular weight is 228 g/mol. The second-order valence-corrected chi connectivity index (χ2v) is 4.49. The van der Waals surface area contributed by atoms with Gasteiger partial charge in [-0.05, 0) is 18.4 Å². The molecule has 0 bridgehead atoms. The summed E-state index contributed by atoms with van der Waals surface area (Å²) < 4.78 is 5.22. The fourth-order valence-corrected chi connectivity index (χ4v) is 1.83. The predicted octanol–water partition coefficient (Wildman–Crippen LogP) is 1.36. The fraction of sp³-hybridized carbons (Fsp3) is 0.667. The fourth-order valence-electron chi connectivity index (χ4n) is 1.83. The third kappa shape index (κ3) is 3.33. The van der Waals surface area contributed by atoms with Crippen LogP contribution in [0.5, 0.6) is 0 Å². The summed E-state index contributed by atoms with van der Waals surface area (Å²) in [6, 6.07) is 0. The summed E-state index contributed by atoms with van der Waals surface area (Å²) in [4.78, 5) is 0. The minimum atomic E-state index is -1.51. The van der Waals surface area contributed by atoms with Crippen molar-refractivity contribution < 1.29 is 20.1 Å². The number of hydrogen-bond acceptors (Lipinski definition) is 4. The molecule has 0 amide bonds. The highest BCUT2D eigenvalue weighted by Crippen LogP contribution is 2.32. The highest BCUT2D eigenvalue weighted by molar-refractivity contribution is 5.23. The Morgan fingerprint density at radius 2 is 2.19 bits per heavy atom. The molecule has 2 unspecified atom stereocenters.